The summed E-state index contributed by atoms with van der Waals surface area (Å²) in [5, 5.41) is 7.27. The number of aromatic nitrogens is 4. The molecule has 1 fully saturated rings. The predicted molar refractivity (Wildman–Crippen MR) is 116 cm³/mol. The number of carbonyl (C=O) groups excluding carboxylic acids is 1. The Balaban J connectivity index is 1.22. The molecule has 4 aromatic rings. The lowest BCUT2D eigenvalue weighted by atomic mass is 9.97. The predicted octanol–water partition coefficient (Wildman–Crippen LogP) is 3.71. The molecule has 0 bridgehead atoms. The molecule has 0 atom stereocenters. The van der Waals surface area contributed by atoms with Gasteiger partial charge in [0.1, 0.15) is 11.3 Å². The topological polar surface area (TPSA) is 73.5 Å². The lowest BCUT2D eigenvalue weighted by molar-refractivity contribution is -0.0194. The zero-order valence-electron chi connectivity index (χ0n) is 16.8. The van der Waals surface area contributed by atoms with Gasteiger partial charge in [0.15, 0.2) is 0 Å². The first-order valence-electron chi connectivity index (χ1n) is 10.2. The largest absolute Gasteiger partial charge is 0.381 e. The van der Waals surface area contributed by atoms with Crippen molar-refractivity contribution in [3.63, 3.8) is 0 Å². The molecule has 7 nitrogen and oxygen atoms in total. The minimum absolute atomic E-state index is 0.128. The van der Waals surface area contributed by atoms with E-state index in [1.165, 1.54) is 11.3 Å². The lowest BCUT2D eigenvalue weighted by Crippen LogP contribution is -2.36. The zero-order valence-corrected chi connectivity index (χ0v) is 17.6. The Morgan fingerprint density at radius 1 is 1.26 bits per heavy atom. The summed E-state index contributed by atoms with van der Waals surface area (Å²) in [5.74, 6) is -0.128. The average molecular weight is 440 g/mol. The van der Waals surface area contributed by atoms with Gasteiger partial charge in [0.05, 0.1) is 17.6 Å². The van der Waals surface area contributed by atoms with Gasteiger partial charge in [0.25, 0.3) is 5.91 Å². The molecule has 4 aromatic heterocycles. The molecule has 31 heavy (non-hydrogen) atoms. The van der Waals surface area contributed by atoms with Gasteiger partial charge < -0.3 is 14.5 Å². The van der Waals surface area contributed by atoms with Crippen molar-refractivity contribution in [3.05, 3.63) is 65.7 Å². The SMILES string of the molecule is O=C(NCc1ccn2ccnc2c1)c1ccc(-c2cnn(CC3(F)CCOCC3)c2)s1. The maximum absolute atomic E-state index is 14.9. The number of ether oxygens (including phenoxy) is 1. The third-order valence-electron chi connectivity index (χ3n) is 5.50. The molecule has 5 rings (SSSR count). The number of nitrogens with one attached hydrogen (secondary N) is 1. The number of hydrogen-bond donors (Lipinski definition) is 1. The second kappa shape index (κ2) is 8.24. The molecule has 0 spiro atoms. The highest BCUT2D eigenvalue weighted by molar-refractivity contribution is 7.17. The minimum atomic E-state index is -1.28. The highest BCUT2D eigenvalue weighted by Crippen LogP contribution is 2.30. The van der Waals surface area contributed by atoms with Gasteiger partial charge in [-0.1, -0.05) is 0 Å². The van der Waals surface area contributed by atoms with Crippen LogP contribution in [0.15, 0.2) is 55.2 Å². The van der Waals surface area contributed by atoms with Gasteiger partial charge >= 0.3 is 0 Å². The Morgan fingerprint density at radius 3 is 3.00 bits per heavy atom. The molecule has 0 aliphatic carbocycles. The van der Waals surface area contributed by atoms with E-state index in [-0.39, 0.29) is 12.5 Å². The molecule has 1 amide bonds. The number of halogens is 1. The first-order chi connectivity index (χ1) is 15.1. The van der Waals surface area contributed by atoms with E-state index in [1.807, 2.05) is 41.2 Å². The van der Waals surface area contributed by atoms with E-state index in [9.17, 15) is 9.18 Å². The van der Waals surface area contributed by atoms with Crippen LogP contribution in [0.3, 0.4) is 0 Å². The van der Waals surface area contributed by atoms with Gasteiger partial charge in [-0.2, -0.15) is 5.10 Å². The fourth-order valence-electron chi connectivity index (χ4n) is 3.71. The molecular formula is C22H22FN5O2S. The summed E-state index contributed by atoms with van der Waals surface area (Å²) in [6.45, 7) is 1.54. The van der Waals surface area contributed by atoms with Gasteiger partial charge in [-0.05, 0) is 29.8 Å². The average Bonchev–Trinajstić information content (AvgIpc) is 3.52. The van der Waals surface area contributed by atoms with Crippen LogP contribution in [0.4, 0.5) is 4.39 Å². The maximum atomic E-state index is 14.9. The number of imidazole rings is 1. The number of hydrogen-bond acceptors (Lipinski definition) is 5. The molecule has 1 aliphatic heterocycles. The van der Waals surface area contributed by atoms with Crippen molar-refractivity contribution < 1.29 is 13.9 Å². The lowest BCUT2D eigenvalue weighted by Gasteiger charge is -2.29. The summed E-state index contributed by atoms with van der Waals surface area (Å²) in [4.78, 5) is 18.4. The number of carbonyl (C=O) groups is 1. The first kappa shape index (κ1) is 19.9. The molecule has 1 saturated heterocycles. The number of amides is 1. The fourth-order valence-corrected chi connectivity index (χ4v) is 4.61. The number of thiophene rings is 1. The van der Waals surface area contributed by atoms with Crippen LogP contribution in [0.2, 0.25) is 0 Å². The monoisotopic (exact) mass is 439 g/mol. The van der Waals surface area contributed by atoms with Crippen molar-refractivity contribution >= 4 is 22.9 Å². The van der Waals surface area contributed by atoms with Crippen molar-refractivity contribution in [3.8, 4) is 10.4 Å². The second-order valence-electron chi connectivity index (χ2n) is 7.76. The quantitative estimate of drug-likeness (QED) is 0.497. The number of pyridine rings is 1. The van der Waals surface area contributed by atoms with Crippen LogP contribution in [0.25, 0.3) is 16.1 Å². The van der Waals surface area contributed by atoms with E-state index in [2.05, 4.69) is 15.4 Å². The van der Waals surface area contributed by atoms with E-state index >= 15 is 0 Å². The number of fused-ring (bicyclic) bond motifs is 1. The van der Waals surface area contributed by atoms with Crippen LogP contribution in [0, 0.1) is 0 Å². The summed E-state index contributed by atoms with van der Waals surface area (Å²) in [6, 6.07) is 7.61. The maximum Gasteiger partial charge on any atom is 0.261 e. The highest BCUT2D eigenvalue weighted by Gasteiger charge is 2.33. The Kier molecular flexibility index (Phi) is 5.29. The third kappa shape index (κ3) is 4.38. The van der Waals surface area contributed by atoms with Crippen LogP contribution in [0.5, 0.6) is 0 Å². The van der Waals surface area contributed by atoms with Crippen molar-refractivity contribution in [2.24, 2.45) is 0 Å². The third-order valence-corrected chi connectivity index (χ3v) is 6.63. The van der Waals surface area contributed by atoms with Gasteiger partial charge in [-0.15, -0.1) is 11.3 Å². The normalized spacial score (nSPS) is 15.9. The Bertz CT molecular complexity index is 1210. The highest BCUT2D eigenvalue weighted by atomic mass is 32.1. The van der Waals surface area contributed by atoms with Crippen molar-refractivity contribution in [1.82, 2.24) is 24.5 Å². The second-order valence-corrected chi connectivity index (χ2v) is 8.85. The van der Waals surface area contributed by atoms with Crippen LogP contribution in [-0.2, 0) is 17.8 Å². The summed E-state index contributed by atoms with van der Waals surface area (Å²) in [5.41, 5.74) is 1.43. The van der Waals surface area contributed by atoms with Gasteiger partial charge in [0.2, 0.25) is 0 Å². The van der Waals surface area contributed by atoms with E-state index in [1.54, 1.807) is 23.1 Å². The molecule has 0 saturated carbocycles. The summed E-state index contributed by atoms with van der Waals surface area (Å²) < 4.78 is 23.7. The standard InChI is InChI=1S/C22H22FN5O2S/c23-22(4-9-30-10-5-22)15-28-14-17(13-26-28)18-1-2-19(31-18)21(29)25-12-16-3-7-27-8-6-24-20(27)11-16/h1-3,6-8,11,13-14H,4-5,9-10,12,15H2,(H,25,29). The van der Waals surface area contributed by atoms with Crippen molar-refractivity contribution in [2.45, 2.75) is 31.6 Å². The zero-order chi connectivity index (χ0) is 21.3. The van der Waals surface area contributed by atoms with E-state index < -0.39 is 5.67 Å². The summed E-state index contributed by atoms with van der Waals surface area (Å²) in [6.07, 6.45) is 9.87. The molecule has 5 heterocycles. The smallest absolute Gasteiger partial charge is 0.261 e. The molecule has 0 radical (unpaired) electrons. The van der Waals surface area contributed by atoms with Crippen molar-refractivity contribution in [2.75, 3.05) is 13.2 Å². The minimum Gasteiger partial charge on any atom is -0.381 e. The van der Waals surface area contributed by atoms with E-state index in [4.69, 9.17) is 4.74 Å². The van der Waals surface area contributed by atoms with E-state index in [0.29, 0.717) is 37.5 Å². The Morgan fingerprint density at radius 2 is 2.13 bits per heavy atom. The number of nitrogens with zero attached hydrogens (tertiary/aromatic N) is 4. The molecule has 0 aromatic carbocycles. The molecule has 160 valence electrons. The molecule has 1 N–H and O–H groups in total. The van der Waals surface area contributed by atoms with E-state index in [0.717, 1.165) is 21.7 Å². The molecule has 1 aliphatic rings. The first-order valence-corrected chi connectivity index (χ1v) is 11.0. The Labute approximate surface area is 182 Å². The summed E-state index contributed by atoms with van der Waals surface area (Å²) >= 11 is 1.40. The fraction of sp³-hybridized carbons (Fsp3) is 0.318. The number of rotatable bonds is 6. The van der Waals surface area contributed by atoms with Crippen LogP contribution in [-0.4, -0.2) is 44.0 Å². The number of alkyl halides is 1. The Hall–Kier alpha value is -3.04. The van der Waals surface area contributed by atoms with Crippen molar-refractivity contribution in [1.29, 1.82) is 0 Å². The van der Waals surface area contributed by atoms with Crippen LogP contribution < -0.4 is 5.32 Å². The molecular weight excluding hydrogens is 417 g/mol. The van der Waals surface area contributed by atoms with Crippen LogP contribution >= 0.6 is 11.3 Å². The molecule has 0 unspecified atom stereocenters. The van der Waals surface area contributed by atoms with Gasteiger partial charge in [-0.25, -0.2) is 9.37 Å². The van der Waals surface area contributed by atoms with Gasteiger partial charge in [-0.3, -0.25) is 9.48 Å². The molecule has 9 heteroatoms. The summed E-state index contributed by atoms with van der Waals surface area (Å²) in [7, 11) is 0. The van der Waals surface area contributed by atoms with Crippen LogP contribution in [0.1, 0.15) is 28.1 Å². The van der Waals surface area contributed by atoms with Gasteiger partial charge in [0, 0.05) is 67.8 Å².